The maximum Gasteiger partial charge on any atom is 0.338 e. The molecular weight excluding hydrogens is 794 g/mol. The highest BCUT2D eigenvalue weighted by Gasteiger charge is 2.35. The van der Waals surface area contributed by atoms with Crippen LogP contribution in [-0.2, 0) is 9.53 Å². The third kappa shape index (κ3) is 6.24. The maximum absolute atomic E-state index is 14.1. The van der Waals surface area contributed by atoms with Crippen molar-refractivity contribution in [2.75, 3.05) is 19.5 Å². The van der Waals surface area contributed by atoms with Crippen molar-refractivity contribution in [3.63, 3.8) is 0 Å². The first-order chi connectivity index (χ1) is 20.4. The molecule has 6 nitrogen and oxygen atoms in total. The van der Waals surface area contributed by atoms with Gasteiger partial charge < -0.3 is 9.47 Å². The Bertz CT molecular complexity index is 1880. The molecule has 10 heteroatoms. The van der Waals surface area contributed by atoms with Gasteiger partial charge in [0.05, 0.1) is 35.6 Å². The first-order valence-corrected chi connectivity index (χ1v) is 17.0. The Morgan fingerprint density at radius 1 is 1.14 bits per heavy atom. The van der Waals surface area contributed by atoms with E-state index < -0.39 is 12.0 Å². The van der Waals surface area contributed by atoms with Gasteiger partial charge in [0.1, 0.15) is 12.4 Å². The van der Waals surface area contributed by atoms with Crippen molar-refractivity contribution in [1.29, 1.82) is 0 Å². The number of terminal acetylenes is 1. The molecular formula is C32H24I2N2O4S2. The quantitative estimate of drug-likeness (QED) is 0.0963. The molecule has 0 spiro atoms. The van der Waals surface area contributed by atoms with Gasteiger partial charge in [0.25, 0.3) is 5.56 Å². The molecule has 4 aromatic rings. The summed E-state index contributed by atoms with van der Waals surface area (Å²) in [6.07, 6.45) is 9.22. The summed E-state index contributed by atoms with van der Waals surface area (Å²) in [6.45, 7) is 2.14. The van der Waals surface area contributed by atoms with Crippen LogP contribution in [0.1, 0.15) is 29.7 Å². The Balaban J connectivity index is 1.76. The molecule has 0 saturated heterocycles. The van der Waals surface area contributed by atoms with Gasteiger partial charge in [-0.25, -0.2) is 9.79 Å². The zero-order chi connectivity index (χ0) is 29.8. The zero-order valence-corrected chi connectivity index (χ0v) is 28.5. The number of rotatable bonds is 8. The fourth-order valence-electron chi connectivity index (χ4n) is 4.61. The van der Waals surface area contributed by atoms with Gasteiger partial charge in [-0.2, -0.15) is 0 Å². The van der Waals surface area contributed by atoms with E-state index in [0.717, 1.165) is 28.7 Å². The number of carbonyl (C=O) groups excluding carboxylic acids is 1. The Labute approximate surface area is 278 Å². The van der Waals surface area contributed by atoms with Gasteiger partial charge >= 0.3 is 5.97 Å². The van der Waals surface area contributed by atoms with E-state index in [4.69, 9.17) is 20.9 Å². The Morgan fingerprint density at radius 2 is 1.83 bits per heavy atom. The van der Waals surface area contributed by atoms with Gasteiger partial charge in [-0.1, -0.05) is 59.7 Å². The van der Waals surface area contributed by atoms with Crippen LogP contribution in [0, 0.1) is 19.5 Å². The minimum absolute atomic E-state index is 0.175. The van der Waals surface area contributed by atoms with Gasteiger partial charge in [-0.15, -0.1) is 18.2 Å². The number of nitrogens with zero attached hydrogens (tertiary/aromatic N) is 2. The van der Waals surface area contributed by atoms with E-state index in [1.165, 1.54) is 11.3 Å². The van der Waals surface area contributed by atoms with E-state index in [-0.39, 0.29) is 18.8 Å². The monoisotopic (exact) mass is 818 g/mol. The van der Waals surface area contributed by atoms with E-state index in [1.54, 1.807) is 23.3 Å². The van der Waals surface area contributed by atoms with Crippen LogP contribution in [-0.4, -0.2) is 30.0 Å². The normalized spacial score (nSPS) is 14.6. The predicted molar refractivity (Wildman–Crippen MR) is 185 cm³/mol. The smallest absolute Gasteiger partial charge is 0.338 e. The second-order valence-corrected chi connectivity index (χ2v) is 13.2. The van der Waals surface area contributed by atoms with Crippen molar-refractivity contribution in [2.24, 2.45) is 4.99 Å². The average Bonchev–Trinajstić information content (AvgIpc) is 3.30. The molecule has 0 N–H and O–H groups in total. The van der Waals surface area contributed by atoms with Crippen LogP contribution < -0.4 is 19.6 Å². The lowest BCUT2D eigenvalue weighted by Gasteiger charge is -2.26. The molecule has 0 fully saturated rings. The van der Waals surface area contributed by atoms with Gasteiger partial charge in [-0.05, 0) is 99.8 Å². The second kappa shape index (κ2) is 13.6. The van der Waals surface area contributed by atoms with E-state index in [9.17, 15) is 9.59 Å². The van der Waals surface area contributed by atoms with Crippen LogP contribution in [0.5, 0.6) is 5.75 Å². The first-order valence-electron chi connectivity index (χ1n) is 12.8. The number of esters is 1. The van der Waals surface area contributed by atoms with Crippen molar-refractivity contribution in [3.05, 3.63) is 116 Å². The summed E-state index contributed by atoms with van der Waals surface area (Å²) in [6, 6.07) is 20.6. The van der Waals surface area contributed by atoms with Gasteiger partial charge in [0.2, 0.25) is 0 Å². The molecule has 1 atom stereocenters. The van der Waals surface area contributed by atoms with Crippen LogP contribution in [0.15, 0.2) is 87.0 Å². The van der Waals surface area contributed by atoms with Gasteiger partial charge in [0, 0.05) is 10.5 Å². The molecule has 0 saturated carbocycles. The summed E-state index contributed by atoms with van der Waals surface area (Å²) >= 11 is 7.33. The minimum atomic E-state index is -0.714. The molecule has 1 aromatic heterocycles. The molecule has 42 heavy (non-hydrogen) atoms. The molecule has 212 valence electrons. The summed E-state index contributed by atoms with van der Waals surface area (Å²) in [5.74, 6) is 2.71. The lowest BCUT2D eigenvalue weighted by Crippen LogP contribution is -2.40. The van der Waals surface area contributed by atoms with Gasteiger partial charge in [-0.3, -0.25) is 9.36 Å². The van der Waals surface area contributed by atoms with E-state index in [2.05, 4.69) is 51.1 Å². The van der Waals surface area contributed by atoms with Crippen molar-refractivity contribution >= 4 is 86.0 Å². The summed E-state index contributed by atoms with van der Waals surface area (Å²) in [5, 5.41) is 0. The molecule has 2 heterocycles. The van der Waals surface area contributed by atoms with Crippen molar-refractivity contribution < 1.29 is 14.3 Å². The molecule has 1 aliphatic heterocycles. The number of benzene rings is 3. The number of fused-ring (bicyclic) bond motifs is 1. The lowest BCUT2D eigenvalue weighted by atomic mass is 9.93. The second-order valence-electron chi connectivity index (χ2n) is 9.01. The predicted octanol–water partition coefficient (Wildman–Crippen LogP) is 5.88. The zero-order valence-electron chi connectivity index (χ0n) is 22.6. The van der Waals surface area contributed by atoms with Crippen LogP contribution in [0.2, 0.25) is 0 Å². The van der Waals surface area contributed by atoms with Crippen LogP contribution >= 0.6 is 68.3 Å². The largest absolute Gasteiger partial charge is 0.479 e. The molecule has 0 amide bonds. The molecule has 0 unspecified atom stereocenters. The highest BCUT2D eigenvalue weighted by molar-refractivity contribution is 14.1. The van der Waals surface area contributed by atoms with Crippen LogP contribution in [0.4, 0.5) is 0 Å². The van der Waals surface area contributed by atoms with Crippen molar-refractivity contribution in [2.45, 2.75) is 17.9 Å². The number of hydrogen-bond donors (Lipinski definition) is 0. The summed E-state index contributed by atoms with van der Waals surface area (Å²) in [5.41, 5.74) is 3.01. The maximum atomic E-state index is 14.1. The van der Waals surface area contributed by atoms with Crippen molar-refractivity contribution in [3.8, 4) is 18.1 Å². The Kier molecular flexibility index (Phi) is 9.92. The molecule has 5 rings (SSSR count). The number of thiazole rings is 1. The number of carbonyl (C=O) groups is 1. The molecule has 3 aromatic carbocycles. The summed E-state index contributed by atoms with van der Waals surface area (Å²) < 4.78 is 15.1. The number of thioether (sulfide) groups is 1. The number of ether oxygens (including phenoxy) is 2. The summed E-state index contributed by atoms with van der Waals surface area (Å²) in [4.78, 5) is 34.2. The molecule has 0 aliphatic carbocycles. The number of aromatic nitrogens is 1. The standard InChI is InChI=1S/C32H24I2N2O4S2/c1-4-15-40-29-23(33)16-19(17-24(29)34)18-25-30(37)36-28(21-11-13-22(41-3)14-12-21)26(31(38)39-5-2)27(35-32(36)42-25)20-9-7-6-8-10-20/h1,6-14,16-18,28H,5,15H2,2-3H3/b25-18-/t28-/m0/s1. The summed E-state index contributed by atoms with van der Waals surface area (Å²) in [7, 11) is 0. The average molecular weight is 818 g/mol. The fourth-order valence-corrected chi connectivity index (χ4v) is 8.14. The number of hydrogen-bond acceptors (Lipinski definition) is 7. The topological polar surface area (TPSA) is 69.9 Å². The highest BCUT2D eigenvalue weighted by Crippen LogP contribution is 2.36. The van der Waals surface area contributed by atoms with Gasteiger partial charge in [0.15, 0.2) is 4.80 Å². The van der Waals surface area contributed by atoms with Crippen LogP contribution in [0.3, 0.4) is 0 Å². The van der Waals surface area contributed by atoms with E-state index >= 15 is 0 Å². The van der Waals surface area contributed by atoms with Crippen LogP contribution in [0.25, 0.3) is 11.8 Å². The SMILES string of the molecule is C#CCOc1c(I)cc(/C=c2\sc3n(c2=O)[C@@H](c2ccc(SC)cc2)C(C(=O)OCC)=C(c2ccccc2)N=3)cc1I. The van der Waals surface area contributed by atoms with E-state index in [0.29, 0.717) is 26.4 Å². The third-order valence-electron chi connectivity index (χ3n) is 6.42. The minimum Gasteiger partial charge on any atom is -0.479 e. The molecule has 0 bridgehead atoms. The number of halogens is 2. The molecule has 1 aliphatic rings. The fraction of sp³-hybridized carbons (Fsp3) is 0.156. The van der Waals surface area contributed by atoms with E-state index in [1.807, 2.05) is 79.1 Å². The molecule has 0 radical (unpaired) electrons. The lowest BCUT2D eigenvalue weighted by molar-refractivity contribution is -0.138. The highest BCUT2D eigenvalue weighted by atomic mass is 127. The van der Waals surface area contributed by atoms with Crippen molar-refractivity contribution in [1.82, 2.24) is 4.57 Å². The Hall–Kier alpha value is -2.86. The Morgan fingerprint density at radius 3 is 2.45 bits per heavy atom. The first kappa shape index (κ1) is 30.6. The third-order valence-corrected chi connectivity index (χ3v) is 9.75.